The molecule has 4 aromatic rings. The number of amides is 1. The lowest BCUT2D eigenvalue weighted by molar-refractivity contribution is -0.253. The largest absolute Gasteiger partial charge is 0.493 e. The molecule has 0 bridgehead atoms. The number of pyridine rings is 1. The van der Waals surface area contributed by atoms with Gasteiger partial charge in [0.25, 0.3) is 5.91 Å². The first-order chi connectivity index (χ1) is 21.5. The highest BCUT2D eigenvalue weighted by Gasteiger charge is 2.34. The van der Waals surface area contributed by atoms with E-state index in [4.69, 9.17) is 18.9 Å². The molecule has 1 aromatic heterocycles. The van der Waals surface area contributed by atoms with Crippen molar-refractivity contribution in [2.75, 3.05) is 32.6 Å². The number of anilines is 1. The van der Waals surface area contributed by atoms with Crippen LogP contribution in [0.1, 0.15) is 57.0 Å². The van der Waals surface area contributed by atoms with Crippen LogP contribution in [0.5, 0.6) is 11.5 Å². The van der Waals surface area contributed by atoms with Crippen LogP contribution in [0, 0.1) is 0 Å². The molecule has 0 spiro atoms. The van der Waals surface area contributed by atoms with Crippen LogP contribution in [-0.4, -0.2) is 54.3 Å². The van der Waals surface area contributed by atoms with Crippen molar-refractivity contribution >= 4 is 11.6 Å². The first kappa shape index (κ1) is 29.8. The summed E-state index contributed by atoms with van der Waals surface area (Å²) < 4.78 is 24.2. The Bertz CT molecular complexity index is 1560. The minimum absolute atomic E-state index is 0.00305. The number of fused-ring (bicyclic) bond motifs is 1. The van der Waals surface area contributed by atoms with Crippen LogP contribution >= 0.6 is 0 Å². The minimum atomic E-state index is -0.583. The molecule has 6 rings (SSSR count). The van der Waals surface area contributed by atoms with Gasteiger partial charge in [0, 0.05) is 49.7 Å². The number of rotatable bonds is 9. The highest BCUT2D eigenvalue weighted by Crippen LogP contribution is 2.39. The van der Waals surface area contributed by atoms with Crippen LogP contribution in [0.4, 0.5) is 5.69 Å². The number of nitrogens with one attached hydrogen (secondary N) is 1. The Hall–Kier alpha value is -4.28. The van der Waals surface area contributed by atoms with Gasteiger partial charge in [0.1, 0.15) is 0 Å². The zero-order valence-electron chi connectivity index (χ0n) is 24.9. The van der Waals surface area contributed by atoms with Gasteiger partial charge in [0.2, 0.25) is 0 Å². The molecule has 0 aliphatic carbocycles. The molecule has 1 fully saturated rings. The van der Waals surface area contributed by atoms with Gasteiger partial charge >= 0.3 is 0 Å². The minimum Gasteiger partial charge on any atom is -0.493 e. The van der Waals surface area contributed by atoms with Crippen LogP contribution in [0.15, 0.2) is 85.2 Å². The fraction of sp³-hybridized carbons (Fsp3) is 0.314. The molecule has 0 radical (unpaired) electrons. The van der Waals surface area contributed by atoms with Crippen molar-refractivity contribution in [2.24, 2.45) is 0 Å². The zero-order valence-corrected chi connectivity index (χ0v) is 24.9. The third kappa shape index (κ3) is 6.76. The predicted molar refractivity (Wildman–Crippen MR) is 166 cm³/mol. The second-order valence-corrected chi connectivity index (χ2v) is 11.1. The van der Waals surface area contributed by atoms with Gasteiger partial charge in [-0.2, -0.15) is 0 Å². The molecule has 3 aromatic carbocycles. The van der Waals surface area contributed by atoms with Gasteiger partial charge in [-0.1, -0.05) is 36.4 Å². The van der Waals surface area contributed by atoms with Gasteiger partial charge in [-0.05, 0) is 65.1 Å². The number of aliphatic hydroxyl groups excluding tert-OH is 1. The fourth-order valence-electron chi connectivity index (χ4n) is 5.84. The number of nitrogens with zero attached hydrogens (tertiary/aromatic N) is 2. The maximum Gasteiger partial charge on any atom is 0.257 e. The number of aliphatic hydroxyl groups is 1. The third-order valence-electron chi connectivity index (χ3n) is 8.24. The van der Waals surface area contributed by atoms with Crippen molar-refractivity contribution < 1.29 is 28.8 Å². The van der Waals surface area contributed by atoms with E-state index in [1.54, 1.807) is 32.5 Å². The van der Waals surface area contributed by atoms with Crippen molar-refractivity contribution in [3.05, 3.63) is 119 Å². The quantitative estimate of drug-likeness (QED) is 0.264. The molecule has 3 heterocycles. The topological polar surface area (TPSA) is 102 Å². The first-order valence-corrected chi connectivity index (χ1v) is 14.8. The van der Waals surface area contributed by atoms with Gasteiger partial charge in [0.05, 0.1) is 38.6 Å². The van der Waals surface area contributed by atoms with E-state index < -0.39 is 6.29 Å². The maximum absolute atomic E-state index is 12.6. The number of benzene rings is 3. The molecule has 2 aliphatic heterocycles. The zero-order chi connectivity index (χ0) is 30.5. The number of aromatic nitrogens is 1. The maximum atomic E-state index is 12.6. The molecule has 2 aliphatic rings. The lowest BCUT2D eigenvalue weighted by atomic mass is 9.97. The van der Waals surface area contributed by atoms with Crippen LogP contribution in [0.2, 0.25) is 0 Å². The number of hydrogen-bond donors (Lipinski definition) is 2. The molecule has 1 amide bonds. The van der Waals surface area contributed by atoms with Crippen LogP contribution in [0.3, 0.4) is 0 Å². The summed E-state index contributed by atoms with van der Waals surface area (Å²) in [6.07, 6.45) is 3.94. The summed E-state index contributed by atoms with van der Waals surface area (Å²) in [5, 5.41) is 12.4. The Morgan fingerprint density at radius 2 is 1.70 bits per heavy atom. The fourth-order valence-corrected chi connectivity index (χ4v) is 5.84. The van der Waals surface area contributed by atoms with Crippen molar-refractivity contribution in [1.82, 2.24) is 9.88 Å². The van der Waals surface area contributed by atoms with Crippen LogP contribution in [0.25, 0.3) is 0 Å². The normalized spacial score (nSPS) is 20.0. The average molecular weight is 596 g/mol. The van der Waals surface area contributed by atoms with Crippen molar-refractivity contribution in [3.8, 4) is 11.5 Å². The summed E-state index contributed by atoms with van der Waals surface area (Å²) in [5.41, 5.74) is 6.45. The summed E-state index contributed by atoms with van der Waals surface area (Å²) in [4.78, 5) is 19.0. The highest BCUT2D eigenvalue weighted by molar-refractivity contribution is 6.04. The molecule has 228 valence electrons. The van der Waals surface area contributed by atoms with Gasteiger partial charge in [-0.25, -0.2) is 0 Å². The molecule has 9 nitrogen and oxygen atoms in total. The monoisotopic (exact) mass is 595 g/mol. The Morgan fingerprint density at radius 3 is 2.39 bits per heavy atom. The van der Waals surface area contributed by atoms with E-state index in [0.717, 1.165) is 54.2 Å². The standard InChI is InChI=1S/C35H37N3O6/c1-41-32-16-26-13-15-38(20-28(26)17-33(32)42-2)21-30-18-31(24-7-5-23(22-39)6-8-24)44-35(43-30)25-9-11-29(12-10-25)37-34(40)27-4-3-14-36-19-27/h3-12,14,16-17,19,30-31,35,39H,13,15,18,20-22H2,1-2H3,(H,37,40). The second-order valence-electron chi connectivity index (χ2n) is 11.1. The Morgan fingerprint density at radius 1 is 0.977 bits per heavy atom. The molecular weight excluding hydrogens is 558 g/mol. The van der Waals surface area contributed by atoms with Crippen LogP contribution in [-0.2, 0) is 29.0 Å². The molecule has 2 N–H and O–H groups in total. The molecule has 3 unspecified atom stereocenters. The van der Waals surface area contributed by atoms with E-state index in [9.17, 15) is 9.90 Å². The Labute approximate surface area is 257 Å². The van der Waals surface area contributed by atoms with Gasteiger partial charge in [-0.15, -0.1) is 0 Å². The van der Waals surface area contributed by atoms with Crippen molar-refractivity contribution in [3.63, 3.8) is 0 Å². The summed E-state index contributed by atoms with van der Waals surface area (Å²) >= 11 is 0. The van der Waals surface area contributed by atoms with E-state index >= 15 is 0 Å². The van der Waals surface area contributed by atoms with Gasteiger partial charge < -0.3 is 29.4 Å². The second kappa shape index (κ2) is 13.6. The van der Waals surface area contributed by atoms with Crippen molar-refractivity contribution in [2.45, 2.75) is 44.5 Å². The lowest BCUT2D eigenvalue weighted by Gasteiger charge is -2.39. The van der Waals surface area contributed by atoms with E-state index in [-0.39, 0.29) is 24.7 Å². The predicted octanol–water partition coefficient (Wildman–Crippen LogP) is 5.45. The van der Waals surface area contributed by atoms with E-state index in [2.05, 4.69) is 27.3 Å². The molecule has 3 atom stereocenters. The van der Waals surface area contributed by atoms with Gasteiger partial charge in [0.15, 0.2) is 17.8 Å². The van der Waals surface area contributed by atoms with E-state index in [1.165, 1.54) is 17.3 Å². The lowest BCUT2D eigenvalue weighted by Crippen LogP contribution is -2.41. The molecule has 0 saturated carbocycles. The summed E-state index contributed by atoms with van der Waals surface area (Å²) in [6.45, 7) is 2.45. The number of carbonyl (C=O) groups excluding carboxylic acids is 1. The molecule has 1 saturated heterocycles. The van der Waals surface area contributed by atoms with E-state index in [0.29, 0.717) is 17.7 Å². The molecule has 9 heteroatoms. The third-order valence-corrected chi connectivity index (χ3v) is 8.24. The summed E-state index contributed by atoms with van der Waals surface area (Å²) in [5.74, 6) is 1.27. The average Bonchev–Trinajstić information content (AvgIpc) is 3.08. The highest BCUT2D eigenvalue weighted by atomic mass is 16.7. The number of methoxy groups -OCH3 is 2. The summed E-state index contributed by atoms with van der Waals surface area (Å²) in [7, 11) is 3.33. The Kier molecular flexibility index (Phi) is 9.18. The summed E-state index contributed by atoms with van der Waals surface area (Å²) in [6, 6.07) is 23.1. The van der Waals surface area contributed by atoms with Crippen LogP contribution < -0.4 is 14.8 Å². The van der Waals surface area contributed by atoms with E-state index in [1.807, 2.05) is 48.5 Å². The molecule has 44 heavy (non-hydrogen) atoms. The first-order valence-electron chi connectivity index (χ1n) is 14.8. The number of hydrogen-bond acceptors (Lipinski definition) is 8. The van der Waals surface area contributed by atoms with Gasteiger partial charge in [-0.3, -0.25) is 14.7 Å². The van der Waals surface area contributed by atoms with Crippen molar-refractivity contribution in [1.29, 1.82) is 0 Å². The number of carbonyl (C=O) groups is 1. The SMILES string of the molecule is COc1cc2c(cc1OC)CN(CC1CC(c3ccc(CO)cc3)OC(c3ccc(NC(=O)c4cccnc4)cc3)O1)CC2. The smallest absolute Gasteiger partial charge is 0.257 e. The Balaban J connectivity index is 1.19. The molecular formula is C35H37N3O6. The number of ether oxygens (including phenoxy) is 4.